The van der Waals surface area contributed by atoms with Crippen LogP contribution in [0.2, 0.25) is 5.02 Å². The first-order valence-electron chi connectivity index (χ1n) is 8.76. The quantitative estimate of drug-likeness (QED) is 0.615. The van der Waals surface area contributed by atoms with Crippen molar-refractivity contribution < 1.29 is 19.6 Å². The van der Waals surface area contributed by atoms with Gasteiger partial charge in [0, 0.05) is 34.3 Å². The normalized spacial score (nSPS) is 14.3. The molecule has 1 aromatic heterocycles. The number of aromatic nitrogens is 1. The van der Waals surface area contributed by atoms with Crippen LogP contribution < -0.4 is 4.31 Å². The predicted molar refractivity (Wildman–Crippen MR) is 113 cm³/mol. The molecule has 1 atom stereocenters. The minimum Gasteiger partial charge on any atom is -0.593 e. The molecule has 0 bridgehead atoms. The Morgan fingerprint density at radius 1 is 1.34 bits per heavy atom. The van der Waals surface area contributed by atoms with Gasteiger partial charge >= 0.3 is 0 Å². The highest BCUT2D eigenvalue weighted by molar-refractivity contribution is 7.92. The third-order valence-electron chi connectivity index (χ3n) is 5.06. The Labute approximate surface area is 175 Å². The molecule has 0 fully saturated rings. The number of hydrogen-bond acceptors (Lipinski definition) is 6. The molecular formula is C20H18ClN3O4S. The van der Waals surface area contributed by atoms with Gasteiger partial charge in [-0.25, -0.2) is 0 Å². The van der Waals surface area contributed by atoms with Crippen LogP contribution in [0.1, 0.15) is 21.5 Å². The maximum atomic E-state index is 13.1. The number of benzene rings is 2. The van der Waals surface area contributed by atoms with E-state index in [1.165, 1.54) is 17.2 Å². The van der Waals surface area contributed by atoms with Crippen LogP contribution in [0.25, 0.3) is 10.9 Å². The Kier molecular flexibility index (Phi) is 4.94. The molecule has 2 aromatic carbocycles. The van der Waals surface area contributed by atoms with Gasteiger partial charge in [0.1, 0.15) is 17.5 Å². The van der Waals surface area contributed by atoms with Crippen molar-refractivity contribution in [3.63, 3.8) is 0 Å². The standard InChI is InChI=1S/C20H18ClN3O4S/c1-23(29(2)28)18-13-4-3-7-22-17(13)19(26)16-14(18)10-24(20(16)27)9-11-8-12(21)5-6-15(11)25/h3-8,25-26H,9-10H2,1-2H3. The first kappa shape index (κ1) is 19.6. The van der Waals surface area contributed by atoms with Gasteiger partial charge in [-0.1, -0.05) is 11.6 Å². The number of aromatic hydroxyl groups is 2. The molecule has 0 spiro atoms. The first-order valence-corrected chi connectivity index (χ1v) is 10.6. The molecule has 2 heterocycles. The van der Waals surface area contributed by atoms with Crippen LogP contribution in [0.15, 0.2) is 36.5 Å². The van der Waals surface area contributed by atoms with Crippen molar-refractivity contribution in [3.05, 3.63) is 58.2 Å². The maximum absolute atomic E-state index is 13.1. The largest absolute Gasteiger partial charge is 0.593 e. The van der Waals surface area contributed by atoms with E-state index in [0.717, 1.165) is 0 Å². The molecule has 3 aromatic rings. The van der Waals surface area contributed by atoms with Gasteiger partial charge in [0.2, 0.25) is 0 Å². The Morgan fingerprint density at radius 2 is 2.10 bits per heavy atom. The topological polar surface area (TPSA) is 100.0 Å². The van der Waals surface area contributed by atoms with Crippen LogP contribution in [0.5, 0.6) is 11.5 Å². The second-order valence-corrected chi connectivity index (χ2v) is 8.64. The van der Waals surface area contributed by atoms with Gasteiger partial charge in [0.05, 0.1) is 36.2 Å². The van der Waals surface area contributed by atoms with Crippen molar-refractivity contribution in [1.29, 1.82) is 0 Å². The highest BCUT2D eigenvalue weighted by Crippen LogP contribution is 2.44. The van der Waals surface area contributed by atoms with E-state index in [1.54, 1.807) is 41.9 Å². The van der Waals surface area contributed by atoms with Crippen LogP contribution in [0.4, 0.5) is 5.69 Å². The van der Waals surface area contributed by atoms with Crippen LogP contribution in [0, 0.1) is 0 Å². The second kappa shape index (κ2) is 7.29. The van der Waals surface area contributed by atoms with Gasteiger partial charge in [-0.2, -0.15) is 4.31 Å². The van der Waals surface area contributed by atoms with Gasteiger partial charge in [0.25, 0.3) is 5.91 Å². The summed E-state index contributed by atoms with van der Waals surface area (Å²) in [5, 5.41) is 22.0. The number of phenolic OH excluding ortho intramolecular Hbond substituents is 2. The number of nitrogens with zero attached hydrogens (tertiary/aromatic N) is 3. The maximum Gasteiger partial charge on any atom is 0.258 e. The molecule has 0 aliphatic carbocycles. The van der Waals surface area contributed by atoms with Crippen molar-refractivity contribution in [1.82, 2.24) is 9.88 Å². The molecule has 2 N–H and O–H groups in total. The fourth-order valence-electron chi connectivity index (χ4n) is 3.63. The van der Waals surface area contributed by atoms with E-state index < -0.39 is 11.4 Å². The van der Waals surface area contributed by atoms with Crippen LogP contribution in [-0.4, -0.2) is 43.9 Å². The lowest BCUT2D eigenvalue weighted by molar-refractivity contribution is 0.0764. The fraction of sp³-hybridized carbons (Fsp3) is 0.200. The van der Waals surface area contributed by atoms with E-state index in [4.69, 9.17) is 11.6 Å². The summed E-state index contributed by atoms with van der Waals surface area (Å²) in [6, 6.07) is 8.13. The summed E-state index contributed by atoms with van der Waals surface area (Å²) in [4.78, 5) is 18.9. The third-order valence-corrected chi connectivity index (χ3v) is 6.25. The molecule has 0 saturated heterocycles. The SMILES string of the molecule is CN(c1c2c(c(O)c3ncccc13)C(=O)N(Cc1cc(Cl)ccc1O)C2)[S+](C)[O-]. The second-order valence-electron chi connectivity index (χ2n) is 6.81. The number of carbonyl (C=O) groups is 1. The molecule has 1 aliphatic heterocycles. The van der Waals surface area contributed by atoms with Crippen molar-refractivity contribution in [2.75, 3.05) is 17.6 Å². The summed E-state index contributed by atoms with van der Waals surface area (Å²) in [6.07, 6.45) is 3.07. The highest BCUT2D eigenvalue weighted by Gasteiger charge is 2.37. The summed E-state index contributed by atoms with van der Waals surface area (Å²) in [5.41, 5.74) is 2.08. The predicted octanol–water partition coefficient (Wildman–Crippen LogP) is 3.19. The number of rotatable bonds is 4. The lowest BCUT2D eigenvalue weighted by Crippen LogP contribution is -2.26. The summed E-state index contributed by atoms with van der Waals surface area (Å²) in [7, 11) is 1.67. The lowest BCUT2D eigenvalue weighted by Gasteiger charge is -2.23. The van der Waals surface area contributed by atoms with E-state index >= 15 is 0 Å². The lowest BCUT2D eigenvalue weighted by atomic mass is 10.0. The first-order chi connectivity index (χ1) is 13.8. The monoisotopic (exact) mass is 431 g/mol. The summed E-state index contributed by atoms with van der Waals surface area (Å²) in [5.74, 6) is -0.556. The number of fused-ring (bicyclic) bond motifs is 2. The average Bonchev–Trinajstić information content (AvgIpc) is 3.01. The van der Waals surface area contributed by atoms with Gasteiger partial charge in [-0.15, -0.1) is 0 Å². The molecule has 1 unspecified atom stereocenters. The Bertz CT molecular complexity index is 1140. The van der Waals surface area contributed by atoms with Gasteiger partial charge in [-0.05, 0) is 30.3 Å². The molecule has 4 rings (SSSR count). The third kappa shape index (κ3) is 3.23. The van der Waals surface area contributed by atoms with E-state index in [-0.39, 0.29) is 41.6 Å². The van der Waals surface area contributed by atoms with Crippen molar-refractivity contribution >= 4 is 45.5 Å². The average molecular weight is 432 g/mol. The molecule has 9 heteroatoms. The molecule has 0 saturated carbocycles. The van der Waals surface area contributed by atoms with Gasteiger partial charge < -0.3 is 19.7 Å². The van der Waals surface area contributed by atoms with Crippen molar-refractivity contribution in [2.24, 2.45) is 0 Å². The highest BCUT2D eigenvalue weighted by atomic mass is 35.5. The van der Waals surface area contributed by atoms with E-state index in [9.17, 15) is 19.6 Å². The van der Waals surface area contributed by atoms with Crippen LogP contribution in [0.3, 0.4) is 0 Å². The molecule has 1 amide bonds. The molecule has 1 aliphatic rings. The minimum atomic E-state index is -1.35. The number of hydrogen-bond donors (Lipinski definition) is 2. The zero-order valence-electron chi connectivity index (χ0n) is 15.7. The molecular weight excluding hydrogens is 414 g/mol. The molecule has 0 radical (unpaired) electrons. The summed E-state index contributed by atoms with van der Waals surface area (Å²) in [6.45, 7) is 0.302. The van der Waals surface area contributed by atoms with Crippen LogP contribution >= 0.6 is 11.6 Å². The van der Waals surface area contributed by atoms with Crippen molar-refractivity contribution in [3.8, 4) is 11.5 Å². The number of pyridine rings is 1. The Morgan fingerprint density at radius 3 is 2.83 bits per heavy atom. The van der Waals surface area contributed by atoms with E-state index in [0.29, 0.717) is 27.2 Å². The fourth-order valence-corrected chi connectivity index (χ4v) is 4.30. The number of anilines is 1. The smallest absolute Gasteiger partial charge is 0.258 e. The number of phenols is 2. The van der Waals surface area contributed by atoms with Gasteiger partial charge in [-0.3, -0.25) is 9.78 Å². The molecule has 29 heavy (non-hydrogen) atoms. The van der Waals surface area contributed by atoms with Crippen LogP contribution in [-0.2, 0) is 24.5 Å². The van der Waals surface area contributed by atoms with Gasteiger partial charge in [0.15, 0.2) is 5.75 Å². The Hall–Kier alpha value is -2.68. The van der Waals surface area contributed by atoms with E-state index in [2.05, 4.69) is 4.98 Å². The summed E-state index contributed by atoms with van der Waals surface area (Å²) >= 11 is 4.68. The zero-order chi connectivity index (χ0) is 20.9. The molecule has 150 valence electrons. The number of halogens is 1. The van der Waals surface area contributed by atoms with Crippen molar-refractivity contribution in [2.45, 2.75) is 13.1 Å². The zero-order valence-corrected chi connectivity index (χ0v) is 17.3. The molecule has 7 nitrogen and oxygen atoms in total. The summed E-state index contributed by atoms with van der Waals surface area (Å²) < 4.78 is 13.8. The number of amides is 1. The van der Waals surface area contributed by atoms with E-state index in [1.807, 2.05) is 0 Å². The number of carbonyl (C=O) groups excluding carboxylic acids is 1. The Balaban J connectivity index is 1.86. The minimum absolute atomic E-state index is 0.0289.